The van der Waals surface area contributed by atoms with Crippen LogP contribution in [0.2, 0.25) is 0 Å². The lowest BCUT2D eigenvalue weighted by Crippen LogP contribution is -2.59. The number of hydrogen-bond acceptors (Lipinski definition) is 3. The summed E-state index contributed by atoms with van der Waals surface area (Å²) in [6.45, 7) is 3.69. The van der Waals surface area contributed by atoms with E-state index in [9.17, 15) is 9.59 Å². The molecule has 0 aromatic carbocycles. The second-order valence-electron chi connectivity index (χ2n) is 5.28. The van der Waals surface area contributed by atoms with E-state index in [2.05, 4.69) is 5.32 Å². The molecule has 1 aliphatic carbocycles. The standard InChI is InChI=1S/C11H20N2O3/c1-10(2,12)7-4-8(14)13-11(9(15)16)5-3-6-11/h3-7,12H2,1-2H3,(H,13,14)(H,15,16). The van der Waals surface area contributed by atoms with Gasteiger partial charge in [0.2, 0.25) is 5.91 Å². The van der Waals surface area contributed by atoms with Gasteiger partial charge >= 0.3 is 5.97 Å². The van der Waals surface area contributed by atoms with E-state index in [-0.39, 0.29) is 12.3 Å². The average molecular weight is 228 g/mol. The minimum atomic E-state index is -1.00. The first-order valence-electron chi connectivity index (χ1n) is 5.58. The molecule has 1 saturated carbocycles. The monoisotopic (exact) mass is 228 g/mol. The van der Waals surface area contributed by atoms with Crippen molar-refractivity contribution in [3.63, 3.8) is 0 Å². The first-order chi connectivity index (χ1) is 7.25. The highest BCUT2D eigenvalue weighted by Crippen LogP contribution is 2.32. The molecule has 0 spiro atoms. The number of aliphatic carboxylic acids is 1. The number of carboxylic acid groups (broad SMARTS) is 1. The third kappa shape index (κ3) is 3.20. The normalized spacial score (nSPS) is 18.7. The molecule has 5 heteroatoms. The minimum Gasteiger partial charge on any atom is -0.480 e. The molecule has 1 amide bonds. The zero-order valence-electron chi connectivity index (χ0n) is 9.88. The molecule has 0 saturated heterocycles. The maximum Gasteiger partial charge on any atom is 0.329 e. The number of nitrogens with two attached hydrogens (primary N) is 1. The van der Waals surface area contributed by atoms with E-state index in [1.54, 1.807) is 0 Å². The zero-order valence-corrected chi connectivity index (χ0v) is 9.88. The number of hydrogen-bond donors (Lipinski definition) is 3. The van der Waals surface area contributed by atoms with Crippen molar-refractivity contribution in [1.82, 2.24) is 5.32 Å². The largest absolute Gasteiger partial charge is 0.480 e. The lowest BCUT2D eigenvalue weighted by atomic mass is 9.76. The Morgan fingerprint density at radius 3 is 2.31 bits per heavy atom. The van der Waals surface area contributed by atoms with Crippen LogP contribution in [-0.4, -0.2) is 28.1 Å². The number of amides is 1. The highest BCUT2D eigenvalue weighted by molar-refractivity contribution is 5.87. The molecule has 16 heavy (non-hydrogen) atoms. The highest BCUT2D eigenvalue weighted by Gasteiger charge is 2.45. The summed E-state index contributed by atoms with van der Waals surface area (Å²) in [4.78, 5) is 22.6. The summed E-state index contributed by atoms with van der Waals surface area (Å²) >= 11 is 0. The molecule has 0 aromatic heterocycles. The Hall–Kier alpha value is -1.10. The van der Waals surface area contributed by atoms with Crippen LogP contribution in [-0.2, 0) is 9.59 Å². The molecule has 0 unspecified atom stereocenters. The van der Waals surface area contributed by atoms with Crippen molar-refractivity contribution in [3.05, 3.63) is 0 Å². The molecule has 5 nitrogen and oxygen atoms in total. The van der Waals surface area contributed by atoms with Crippen molar-refractivity contribution in [2.75, 3.05) is 0 Å². The Balaban J connectivity index is 2.42. The molecule has 1 rings (SSSR count). The van der Waals surface area contributed by atoms with Gasteiger partial charge in [-0.1, -0.05) is 0 Å². The molecule has 0 heterocycles. The first-order valence-corrected chi connectivity index (χ1v) is 5.58. The van der Waals surface area contributed by atoms with Crippen LogP contribution in [0.1, 0.15) is 46.0 Å². The molecule has 0 aromatic rings. The molecule has 1 fully saturated rings. The van der Waals surface area contributed by atoms with Gasteiger partial charge in [-0.25, -0.2) is 4.79 Å². The first kappa shape index (κ1) is 13.0. The molecular weight excluding hydrogens is 208 g/mol. The van der Waals surface area contributed by atoms with Crippen molar-refractivity contribution in [2.45, 2.75) is 57.0 Å². The van der Waals surface area contributed by atoms with E-state index < -0.39 is 17.0 Å². The Morgan fingerprint density at radius 2 is 2.00 bits per heavy atom. The molecule has 0 atom stereocenters. The van der Waals surface area contributed by atoms with Crippen molar-refractivity contribution < 1.29 is 14.7 Å². The predicted octanol–water partition coefficient (Wildman–Crippen LogP) is 0.627. The number of nitrogens with one attached hydrogen (secondary N) is 1. The molecule has 0 aliphatic heterocycles. The maximum atomic E-state index is 11.6. The lowest BCUT2D eigenvalue weighted by Gasteiger charge is -2.38. The van der Waals surface area contributed by atoms with Crippen LogP contribution in [0.5, 0.6) is 0 Å². The van der Waals surface area contributed by atoms with Gasteiger partial charge < -0.3 is 16.2 Å². The van der Waals surface area contributed by atoms with Gasteiger partial charge in [-0.15, -0.1) is 0 Å². The van der Waals surface area contributed by atoms with E-state index in [0.29, 0.717) is 19.3 Å². The van der Waals surface area contributed by atoms with Gasteiger partial charge in [0.15, 0.2) is 0 Å². The summed E-state index contributed by atoms with van der Waals surface area (Å²) in [5, 5.41) is 11.6. The smallest absolute Gasteiger partial charge is 0.329 e. The second kappa shape index (κ2) is 4.41. The van der Waals surface area contributed by atoms with E-state index >= 15 is 0 Å². The average Bonchev–Trinajstić information content (AvgIpc) is 2.06. The summed E-state index contributed by atoms with van der Waals surface area (Å²) in [6.07, 6.45) is 2.74. The lowest BCUT2D eigenvalue weighted by molar-refractivity contribution is -0.151. The second-order valence-corrected chi connectivity index (χ2v) is 5.28. The quantitative estimate of drug-likeness (QED) is 0.643. The van der Waals surface area contributed by atoms with Crippen LogP contribution < -0.4 is 11.1 Å². The Morgan fingerprint density at radius 1 is 1.44 bits per heavy atom. The third-order valence-corrected chi connectivity index (χ3v) is 2.99. The van der Waals surface area contributed by atoms with Crippen molar-refractivity contribution >= 4 is 11.9 Å². The Bertz CT molecular complexity index is 290. The highest BCUT2D eigenvalue weighted by atomic mass is 16.4. The van der Waals surface area contributed by atoms with E-state index in [1.165, 1.54) is 0 Å². The van der Waals surface area contributed by atoms with Gasteiger partial charge in [0.1, 0.15) is 5.54 Å². The number of rotatable bonds is 5. The summed E-state index contributed by atoms with van der Waals surface area (Å²) in [5.41, 5.74) is 4.36. The summed E-state index contributed by atoms with van der Waals surface area (Å²) in [6, 6.07) is 0. The molecule has 0 radical (unpaired) electrons. The Labute approximate surface area is 95.4 Å². The fraction of sp³-hybridized carbons (Fsp3) is 0.818. The van der Waals surface area contributed by atoms with Crippen LogP contribution in [0.15, 0.2) is 0 Å². The SMILES string of the molecule is CC(C)(N)CCC(=O)NC1(C(=O)O)CCC1. The molecule has 4 N–H and O–H groups in total. The van der Waals surface area contributed by atoms with E-state index in [0.717, 1.165) is 6.42 Å². The van der Waals surface area contributed by atoms with Crippen molar-refractivity contribution in [3.8, 4) is 0 Å². The molecule has 1 aliphatic rings. The van der Waals surface area contributed by atoms with Crippen LogP contribution in [0.4, 0.5) is 0 Å². The van der Waals surface area contributed by atoms with E-state index in [1.807, 2.05) is 13.8 Å². The van der Waals surface area contributed by atoms with Gasteiger partial charge in [-0.05, 0) is 39.5 Å². The van der Waals surface area contributed by atoms with Crippen molar-refractivity contribution in [1.29, 1.82) is 0 Å². The summed E-state index contributed by atoms with van der Waals surface area (Å²) < 4.78 is 0. The number of carbonyl (C=O) groups is 2. The van der Waals surface area contributed by atoms with Gasteiger partial charge in [0.05, 0.1) is 0 Å². The van der Waals surface area contributed by atoms with Crippen LogP contribution in [0, 0.1) is 0 Å². The zero-order chi connectivity index (χ0) is 12.4. The van der Waals surface area contributed by atoms with Crippen LogP contribution in [0.25, 0.3) is 0 Å². The fourth-order valence-electron chi connectivity index (χ4n) is 1.69. The third-order valence-electron chi connectivity index (χ3n) is 2.99. The molecule has 0 bridgehead atoms. The van der Waals surface area contributed by atoms with Crippen LogP contribution >= 0.6 is 0 Å². The summed E-state index contributed by atoms with van der Waals surface area (Å²) in [7, 11) is 0. The minimum absolute atomic E-state index is 0.222. The topological polar surface area (TPSA) is 92.4 Å². The van der Waals surface area contributed by atoms with Gasteiger partial charge in [0, 0.05) is 12.0 Å². The van der Waals surface area contributed by atoms with Crippen molar-refractivity contribution in [2.24, 2.45) is 5.73 Å². The predicted molar refractivity (Wildman–Crippen MR) is 59.9 cm³/mol. The fourth-order valence-corrected chi connectivity index (χ4v) is 1.69. The van der Waals surface area contributed by atoms with E-state index in [4.69, 9.17) is 10.8 Å². The Kier molecular flexibility index (Phi) is 3.57. The van der Waals surface area contributed by atoms with Gasteiger partial charge in [0.25, 0.3) is 0 Å². The number of carboxylic acids is 1. The maximum absolute atomic E-state index is 11.6. The molecular formula is C11H20N2O3. The van der Waals surface area contributed by atoms with Gasteiger partial charge in [-0.3, -0.25) is 4.79 Å². The molecule has 92 valence electrons. The number of carbonyl (C=O) groups excluding carboxylic acids is 1. The van der Waals surface area contributed by atoms with Crippen LogP contribution in [0.3, 0.4) is 0 Å². The van der Waals surface area contributed by atoms with Gasteiger partial charge in [-0.2, -0.15) is 0 Å². The summed E-state index contributed by atoms with van der Waals surface area (Å²) in [5.74, 6) is -1.15.